The predicted octanol–water partition coefficient (Wildman–Crippen LogP) is 10.3. The van der Waals surface area contributed by atoms with Gasteiger partial charge in [-0.05, 0) is 92.1 Å². The van der Waals surface area contributed by atoms with Crippen LogP contribution in [-0.4, -0.2) is 19.1 Å². The van der Waals surface area contributed by atoms with Gasteiger partial charge in [-0.25, -0.2) is 0 Å². The van der Waals surface area contributed by atoms with Crippen molar-refractivity contribution in [1.82, 2.24) is 10.6 Å². The van der Waals surface area contributed by atoms with E-state index in [0.29, 0.717) is 17.8 Å². The number of hydrogen-bond acceptors (Lipinski definition) is 2. The number of benzene rings is 5. The predicted molar refractivity (Wildman–Crippen MR) is 214 cm³/mol. The number of rotatable bonds is 4. The van der Waals surface area contributed by atoms with Crippen LogP contribution in [0.3, 0.4) is 0 Å². The molecule has 6 unspecified atom stereocenters. The zero-order valence-electron chi connectivity index (χ0n) is 29.3. The molecule has 0 aromatic heterocycles. The molecule has 2 N–H and O–H groups in total. The van der Waals surface area contributed by atoms with Crippen molar-refractivity contribution in [1.29, 1.82) is 0 Å². The molecule has 6 aliphatic rings. The van der Waals surface area contributed by atoms with Crippen LogP contribution < -0.4 is 10.6 Å². The maximum atomic E-state index is 3.89. The second-order valence-electron chi connectivity index (χ2n) is 15.5. The first kappa shape index (κ1) is 30.2. The van der Waals surface area contributed by atoms with Crippen LogP contribution in [0.15, 0.2) is 175 Å². The Bertz CT molecular complexity index is 2380. The molecule has 5 aromatic carbocycles. The summed E-state index contributed by atoms with van der Waals surface area (Å²) in [6.07, 6.45) is 22.0. The Morgan fingerprint density at radius 1 is 0.596 bits per heavy atom. The van der Waals surface area contributed by atoms with E-state index in [9.17, 15) is 0 Å². The summed E-state index contributed by atoms with van der Waals surface area (Å²) in [7, 11) is 0. The van der Waals surface area contributed by atoms with Gasteiger partial charge in [-0.3, -0.25) is 0 Å². The number of allylic oxidation sites excluding steroid dienone is 5. The lowest BCUT2D eigenvalue weighted by Gasteiger charge is -2.40. The third-order valence-electron chi connectivity index (χ3n) is 13.3. The highest BCUT2D eigenvalue weighted by atomic mass is 15.0. The van der Waals surface area contributed by atoms with Crippen LogP contribution in [0.5, 0.6) is 0 Å². The molecule has 5 aromatic rings. The number of hydrogen-bond donors (Lipinski definition) is 2. The maximum absolute atomic E-state index is 3.89. The average molecular weight is 671 g/mol. The van der Waals surface area contributed by atoms with Gasteiger partial charge in [0.25, 0.3) is 0 Å². The van der Waals surface area contributed by atoms with Gasteiger partial charge in [-0.1, -0.05) is 158 Å². The van der Waals surface area contributed by atoms with E-state index in [0.717, 1.165) is 25.9 Å². The van der Waals surface area contributed by atoms with Crippen molar-refractivity contribution in [3.63, 3.8) is 0 Å². The first-order valence-electron chi connectivity index (χ1n) is 19.2. The normalized spacial score (nSPS) is 28.7. The molecular formula is C50H42N2. The Morgan fingerprint density at radius 2 is 1.38 bits per heavy atom. The molecule has 252 valence electrons. The molecule has 0 fully saturated rings. The summed E-state index contributed by atoms with van der Waals surface area (Å²) in [6.45, 7) is 1.79. The SMILES string of the molecule is C1=CC2=C(NC1)C1NCC=CC1C21c2ccccc2-c2cc3c(cc21)C=CC3(c1ccc(-c2ccccc2)cc1)C1C=CC(c2ccccc2)CC1. The molecule has 1 spiro atoms. The van der Waals surface area contributed by atoms with E-state index in [1.165, 1.54) is 66.9 Å². The van der Waals surface area contributed by atoms with E-state index in [4.69, 9.17) is 0 Å². The van der Waals surface area contributed by atoms with Crippen molar-refractivity contribution in [2.75, 3.05) is 13.1 Å². The first-order chi connectivity index (χ1) is 25.8. The van der Waals surface area contributed by atoms with Crippen LogP contribution in [-0.2, 0) is 10.8 Å². The number of fused-ring (bicyclic) bond motifs is 10. The largest absolute Gasteiger partial charge is 0.383 e. The summed E-state index contributed by atoms with van der Waals surface area (Å²) >= 11 is 0. The van der Waals surface area contributed by atoms with Crippen molar-refractivity contribution in [2.45, 2.75) is 35.6 Å². The summed E-state index contributed by atoms with van der Waals surface area (Å²) in [5, 5.41) is 7.72. The average Bonchev–Trinajstić information content (AvgIpc) is 3.85. The molecule has 2 heteroatoms. The molecule has 2 nitrogen and oxygen atoms in total. The molecule has 52 heavy (non-hydrogen) atoms. The summed E-state index contributed by atoms with van der Waals surface area (Å²) in [6, 6.07) is 46.1. The van der Waals surface area contributed by atoms with E-state index < -0.39 is 0 Å². The molecule has 4 aliphatic carbocycles. The number of nitrogens with one attached hydrogen (secondary N) is 2. The van der Waals surface area contributed by atoms with E-state index in [2.05, 4.69) is 181 Å². The van der Waals surface area contributed by atoms with Crippen LogP contribution in [0.1, 0.15) is 52.1 Å². The fraction of sp³-hybridized carbons (Fsp3) is 0.200. The van der Waals surface area contributed by atoms with Gasteiger partial charge in [0.15, 0.2) is 0 Å². The number of dihydropyridines is 1. The Kier molecular flexibility index (Phi) is 6.70. The third-order valence-corrected chi connectivity index (χ3v) is 13.3. The van der Waals surface area contributed by atoms with Gasteiger partial charge < -0.3 is 10.6 Å². The molecule has 0 bridgehead atoms. The first-order valence-corrected chi connectivity index (χ1v) is 19.2. The minimum Gasteiger partial charge on any atom is -0.383 e. The van der Waals surface area contributed by atoms with Gasteiger partial charge >= 0.3 is 0 Å². The van der Waals surface area contributed by atoms with E-state index in [1.807, 2.05) is 0 Å². The summed E-state index contributed by atoms with van der Waals surface area (Å²) < 4.78 is 0. The van der Waals surface area contributed by atoms with E-state index >= 15 is 0 Å². The molecule has 0 amide bonds. The van der Waals surface area contributed by atoms with Crippen molar-refractivity contribution in [3.05, 3.63) is 209 Å². The highest BCUT2D eigenvalue weighted by Gasteiger charge is 2.59. The molecule has 2 aliphatic heterocycles. The van der Waals surface area contributed by atoms with Crippen molar-refractivity contribution < 1.29 is 0 Å². The second-order valence-corrected chi connectivity index (χ2v) is 15.5. The molecule has 0 saturated heterocycles. The standard InChI is InChI=1S/C50H42N2/c1-3-11-33(12-4-1)35-19-23-38(24-20-35)49(39-25-21-36(22-26-39)34-13-5-2-6-14-34)28-27-37-31-46-41(32-45(37)49)40-15-7-8-16-42(40)50(46)43-17-9-29-51-47(43)48-44(50)18-10-30-52-48/h1-21,23-25,27-28,31-32,36,39,43,47,51-52H,22,26,29-30H2. The lowest BCUT2D eigenvalue weighted by Crippen LogP contribution is -2.46. The smallest absolute Gasteiger partial charge is 0.0562 e. The van der Waals surface area contributed by atoms with Crippen LogP contribution >= 0.6 is 0 Å². The quantitative estimate of drug-likeness (QED) is 0.186. The Hall–Kier alpha value is -5.44. The van der Waals surface area contributed by atoms with E-state index in [-0.39, 0.29) is 16.9 Å². The lowest BCUT2D eigenvalue weighted by atomic mass is 9.62. The van der Waals surface area contributed by atoms with Crippen LogP contribution in [0, 0.1) is 11.8 Å². The zero-order chi connectivity index (χ0) is 34.3. The minimum atomic E-state index is -0.260. The lowest BCUT2D eigenvalue weighted by molar-refractivity contribution is 0.387. The fourth-order valence-corrected chi connectivity index (χ4v) is 11.0. The Morgan fingerprint density at radius 3 is 2.21 bits per heavy atom. The van der Waals surface area contributed by atoms with Crippen molar-refractivity contribution >= 4 is 6.08 Å². The fourth-order valence-electron chi connectivity index (χ4n) is 11.0. The Labute approximate surface area is 307 Å². The highest BCUT2D eigenvalue weighted by molar-refractivity contribution is 5.89. The van der Waals surface area contributed by atoms with E-state index in [1.54, 1.807) is 0 Å². The van der Waals surface area contributed by atoms with Gasteiger partial charge in [0, 0.05) is 36.0 Å². The molecule has 11 rings (SSSR count). The van der Waals surface area contributed by atoms with Gasteiger partial charge in [-0.15, -0.1) is 0 Å². The summed E-state index contributed by atoms with van der Waals surface area (Å²) in [5.41, 5.74) is 16.1. The van der Waals surface area contributed by atoms with Gasteiger partial charge in [0.2, 0.25) is 0 Å². The molecular weight excluding hydrogens is 629 g/mol. The summed E-state index contributed by atoms with van der Waals surface area (Å²) in [5.74, 6) is 1.11. The monoisotopic (exact) mass is 670 g/mol. The van der Waals surface area contributed by atoms with Crippen LogP contribution in [0.25, 0.3) is 28.3 Å². The van der Waals surface area contributed by atoms with Crippen LogP contribution in [0.4, 0.5) is 0 Å². The van der Waals surface area contributed by atoms with Gasteiger partial charge in [-0.2, -0.15) is 0 Å². The van der Waals surface area contributed by atoms with Crippen LogP contribution in [0.2, 0.25) is 0 Å². The Balaban J connectivity index is 1.11. The second kappa shape index (κ2) is 11.5. The molecule has 2 heterocycles. The van der Waals surface area contributed by atoms with Gasteiger partial charge in [0.1, 0.15) is 0 Å². The molecule has 0 radical (unpaired) electrons. The molecule has 0 saturated carbocycles. The highest BCUT2D eigenvalue weighted by Crippen LogP contribution is 2.64. The third kappa shape index (κ3) is 4.10. The van der Waals surface area contributed by atoms with Gasteiger partial charge in [0.05, 0.1) is 11.5 Å². The maximum Gasteiger partial charge on any atom is 0.0562 e. The summed E-state index contributed by atoms with van der Waals surface area (Å²) in [4.78, 5) is 0. The zero-order valence-corrected chi connectivity index (χ0v) is 29.3. The molecule has 6 atom stereocenters. The van der Waals surface area contributed by atoms with Crippen molar-refractivity contribution in [2.24, 2.45) is 11.8 Å². The topological polar surface area (TPSA) is 24.1 Å². The minimum absolute atomic E-state index is 0.237. The van der Waals surface area contributed by atoms with Crippen molar-refractivity contribution in [3.8, 4) is 22.3 Å².